The largest absolute Gasteiger partial charge is 0.445 e. The summed E-state index contributed by atoms with van der Waals surface area (Å²) < 4.78 is 10.5. The van der Waals surface area contributed by atoms with E-state index in [1.54, 1.807) is 0 Å². The van der Waals surface area contributed by atoms with Crippen molar-refractivity contribution >= 4 is 12.0 Å². The van der Waals surface area contributed by atoms with Gasteiger partial charge in [-0.2, -0.15) is 0 Å². The van der Waals surface area contributed by atoms with Crippen LogP contribution >= 0.6 is 0 Å². The molecule has 1 aliphatic heterocycles. The molecule has 1 aliphatic rings. The number of rotatable bonds is 6. The Balaban J connectivity index is 1.63. The van der Waals surface area contributed by atoms with Crippen LogP contribution in [0.1, 0.15) is 5.56 Å². The van der Waals surface area contributed by atoms with Gasteiger partial charge in [0.15, 0.2) is 0 Å². The molecule has 0 saturated carbocycles. The van der Waals surface area contributed by atoms with Gasteiger partial charge in [0.2, 0.25) is 5.91 Å². The maximum Gasteiger partial charge on any atom is 0.410 e. The van der Waals surface area contributed by atoms with Gasteiger partial charge in [-0.15, -0.1) is 0 Å². The molecule has 7 heteroatoms. The van der Waals surface area contributed by atoms with Crippen molar-refractivity contribution in [3.05, 3.63) is 35.9 Å². The third kappa shape index (κ3) is 4.44. The van der Waals surface area contributed by atoms with Gasteiger partial charge in [-0.25, -0.2) is 4.79 Å². The van der Waals surface area contributed by atoms with E-state index in [0.29, 0.717) is 13.1 Å². The predicted octanol–water partition coefficient (Wildman–Crippen LogP) is -0.163. The number of ether oxygens (including phenoxy) is 2. The first-order valence-electron chi connectivity index (χ1n) is 6.68. The molecule has 1 heterocycles. The number of benzene rings is 1. The highest BCUT2D eigenvalue weighted by Crippen LogP contribution is 2.14. The Bertz CT molecular complexity index is 488. The second-order valence-electron chi connectivity index (χ2n) is 4.91. The summed E-state index contributed by atoms with van der Waals surface area (Å²) in [6.07, 6.45) is -0.502. The minimum atomic E-state index is -0.816. The van der Waals surface area contributed by atoms with Gasteiger partial charge < -0.3 is 25.8 Å². The summed E-state index contributed by atoms with van der Waals surface area (Å²) in [4.78, 5) is 24.0. The van der Waals surface area contributed by atoms with E-state index >= 15 is 0 Å². The lowest BCUT2D eigenvalue weighted by atomic mass is 10.2. The molecule has 21 heavy (non-hydrogen) atoms. The van der Waals surface area contributed by atoms with E-state index in [1.807, 2.05) is 30.3 Å². The van der Waals surface area contributed by atoms with Gasteiger partial charge in [0.1, 0.15) is 12.6 Å². The number of carbonyl (C=O) groups is 2. The topological polar surface area (TPSA) is 108 Å². The number of hydrogen-bond acceptors (Lipinski definition) is 5. The van der Waals surface area contributed by atoms with Crippen molar-refractivity contribution in [3.8, 4) is 0 Å². The van der Waals surface area contributed by atoms with E-state index in [0.717, 1.165) is 5.56 Å². The fourth-order valence-electron chi connectivity index (χ4n) is 1.83. The van der Waals surface area contributed by atoms with Crippen LogP contribution in [0.15, 0.2) is 30.3 Å². The molecule has 0 bridgehead atoms. The highest BCUT2D eigenvalue weighted by molar-refractivity contribution is 5.79. The predicted molar refractivity (Wildman–Crippen MR) is 75.1 cm³/mol. The first-order valence-corrected chi connectivity index (χ1v) is 6.68. The van der Waals surface area contributed by atoms with Crippen LogP contribution in [0.25, 0.3) is 0 Å². The standard InChI is InChI=1S/C14H19N3O4/c15-12(13(16)18)9-20-11-6-17(7-11)14(19)21-8-10-4-2-1-3-5-10/h1-5,11-12H,6-9,15H2,(H2,16,18). The summed E-state index contributed by atoms with van der Waals surface area (Å²) in [5, 5.41) is 0. The van der Waals surface area contributed by atoms with Crippen LogP contribution in [0, 0.1) is 0 Å². The highest BCUT2D eigenvalue weighted by Gasteiger charge is 2.33. The molecule has 1 aromatic carbocycles. The van der Waals surface area contributed by atoms with E-state index in [1.165, 1.54) is 4.90 Å². The van der Waals surface area contributed by atoms with Crippen molar-refractivity contribution in [2.24, 2.45) is 11.5 Å². The molecule has 1 atom stereocenters. The number of primary amides is 1. The quantitative estimate of drug-likeness (QED) is 0.757. The summed E-state index contributed by atoms with van der Waals surface area (Å²) in [6.45, 7) is 1.17. The molecule has 0 spiro atoms. The minimum absolute atomic E-state index is 0.0624. The van der Waals surface area contributed by atoms with E-state index in [4.69, 9.17) is 20.9 Å². The molecule has 7 nitrogen and oxygen atoms in total. The van der Waals surface area contributed by atoms with Crippen molar-refractivity contribution in [1.29, 1.82) is 0 Å². The average Bonchev–Trinajstić information content (AvgIpc) is 2.44. The molecule has 1 unspecified atom stereocenters. The number of hydrogen-bond donors (Lipinski definition) is 2. The van der Waals surface area contributed by atoms with Gasteiger partial charge >= 0.3 is 6.09 Å². The molecule has 114 valence electrons. The van der Waals surface area contributed by atoms with Crippen molar-refractivity contribution in [2.45, 2.75) is 18.8 Å². The van der Waals surface area contributed by atoms with E-state index in [9.17, 15) is 9.59 Å². The molecule has 1 saturated heterocycles. The maximum atomic E-state index is 11.7. The molecule has 2 amide bonds. The van der Waals surface area contributed by atoms with E-state index in [-0.39, 0.29) is 25.4 Å². The first kappa shape index (κ1) is 15.3. The monoisotopic (exact) mass is 293 g/mol. The Morgan fingerprint density at radius 1 is 1.29 bits per heavy atom. The van der Waals surface area contributed by atoms with Gasteiger partial charge in [0, 0.05) is 0 Å². The van der Waals surface area contributed by atoms with Crippen LogP contribution in [0.4, 0.5) is 4.79 Å². The Labute approximate surface area is 122 Å². The van der Waals surface area contributed by atoms with Gasteiger partial charge in [-0.3, -0.25) is 4.79 Å². The molecule has 2 rings (SSSR count). The molecule has 0 aliphatic carbocycles. The van der Waals surface area contributed by atoms with Crippen LogP contribution in [0.3, 0.4) is 0 Å². The highest BCUT2D eigenvalue weighted by atomic mass is 16.6. The fraction of sp³-hybridized carbons (Fsp3) is 0.429. The van der Waals surface area contributed by atoms with Crippen LogP contribution in [0.5, 0.6) is 0 Å². The Morgan fingerprint density at radius 2 is 1.95 bits per heavy atom. The van der Waals surface area contributed by atoms with E-state index in [2.05, 4.69) is 0 Å². The Hall–Kier alpha value is -2.12. The normalized spacial score (nSPS) is 16.1. The lowest BCUT2D eigenvalue weighted by Gasteiger charge is -2.38. The zero-order valence-electron chi connectivity index (χ0n) is 11.6. The maximum absolute atomic E-state index is 11.7. The second-order valence-corrected chi connectivity index (χ2v) is 4.91. The van der Waals surface area contributed by atoms with Crippen LogP contribution in [-0.2, 0) is 20.9 Å². The summed E-state index contributed by atoms with van der Waals surface area (Å²) in [7, 11) is 0. The van der Waals surface area contributed by atoms with E-state index < -0.39 is 11.9 Å². The first-order chi connectivity index (χ1) is 10.1. The number of carbonyl (C=O) groups excluding carboxylic acids is 2. The molecular weight excluding hydrogens is 274 g/mol. The summed E-state index contributed by atoms with van der Waals surface area (Å²) in [5.74, 6) is -0.603. The van der Waals surface area contributed by atoms with Crippen molar-refractivity contribution < 1.29 is 19.1 Å². The number of amides is 2. The molecule has 1 aromatic rings. The Kier molecular flexibility index (Phi) is 5.13. The SMILES string of the molecule is NC(=O)C(N)COC1CN(C(=O)OCc2ccccc2)C1. The molecule has 0 aromatic heterocycles. The van der Waals surface area contributed by atoms with Crippen molar-refractivity contribution in [2.75, 3.05) is 19.7 Å². The fourth-order valence-corrected chi connectivity index (χ4v) is 1.83. The van der Waals surface area contributed by atoms with Gasteiger partial charge in [0.05, 0.1) is 25.8 Å². The zero-order valence-corrected chi connectivity index (χ0v) is 11.6. The van der Waals surface area contributed by atoms with Crippen LogP contribution < -0.4 is 11.5 Å². The molecule has 4 N–H and O–H groups in total. The minimum Gasteiger partial charge on any atom is -0.445 e. The van der Waals surface area contributed by atoms with Crippen LogP contribution in [0.2, 0.25) is 0 Å². The van der Waals surface area contributed by atoms with Gasteiger partial charge in [-0.1, -0.05) is 30.3 Å². The molecule has 1 fully saturated rings. The molecular formula is C14H19N3O4. The van der Waals surface area contributed by atoms with Crippen LogP contribution in [-0.4, -0.2) is 48.7 Å². The number of nitrogens with zero attached hydrogens (tertiary/aromatic N) is 1. The van der Waals surface area contributed by atoms with Gasteiger partial charge in [-0.05, 0) is 5.56 Å². The van der Waals surface area contributed by atoms with Crippen molar-refractivity contribution in [1.82, 2.24) is 4.90 Å². The third-order valence-corrected chi connectivity index (χ3v) is 3.19. The lowest BCUT2D eigenvalue weighted by Crippen LogP contribution is -2.56. The average molecular weight is 293 g/mol. The lowest BCUT2D eigenvalue weighted by molar-refractivity contribution is -0.122. The smallest absolute Gasteiger partial charge is 0.410 e. The zero-order chi connectivity index (χ0) is 15.2. The van der Waals surface area contributed by atoms with Crippen molar-refractivity contribution in [3.63, 3.8) is 0 Å². The Morgan fingerprint density at radius 3 is 2.57 bits per heavy atom. The van der Waals surface area contributed by atoms with Gasteiger partial charge in [0.25, 0.3) is 0 Å². The summed E-state index contributed by atoms with van der Waals surface area (Å²) >= 11 is 0. The summed E-state index contributed by atoms with van der Waals surface area (Å²) in [6, 6.07) is 8.64. The number of nitrogens with two attached hydrogens (primary N) is 2. The second kappa shape index (κ2) is 7.05. The summed E-state index contributed by atoms with van der Waals surface area (Å²) in [5.41, 5.74) is 11.4. The third-order valence-electron chi connectivity index (χ3n) is 3.19. The molecule has 0 radical (unpaired) electrons. The number of likely N-dealkylation sites (tertiary alicyclic amines) is 1.